The zero-order valence-corrected chi connectivity index (χ0v) is 12.2. The van der Waals surface area contributed by atoms with Crippen molar-refractivity contribution in [1.29, 1.82) is 0 Å². The van der Waals surface area contributed by atoms with Crippen molar-refractivity contribution in [3.63, 3.8) is 0 Å². The molecule has 0 aliphatic rings. The molecule has 0 unspecified atom stereocenters. The molecule has 0 bridgehead atoms. The molecule has 0 atom stereocenters. The lowest BCUT2D eigenvalue weighted by molar-refractivity contribution is 0.118. The van der Waals surface area contributed by atoms with Crippen molar-refractivity contribution in [1.82, 2.24) is 0 Å². The van der Waals surface area contributed by atoms with Gasteiger partial charge in [0.25, 0.3) is 0 Å². The number of ether oxygens (including phenoxy) is 1. The summed E-state index contributed by atoms with van der Waals surface area (Å²) in [4.78, 5) is 0. The molecule has 0 aromatic heterocycles. The lowest BCUT2D eigenvalue weighted by Crippen LogP contribution is -1.98. The molecule has 0 saturated carbocycles. The van der Waals surface area contributed by atoms with E-state index in [1.165, 1.54) is 11.6 Å². The molecule has 0 aliphatic heterocycles. The Bertz CT molecular complexity index is 513. The van der Waals surface area contributed by atoms with Crippen LogP contribution in [0.1, 0.15) is 17.5 Å². The summed E-state index contributed by atoms with van der Waals surface area (Å²) in [5.74, 6) is -0.243. The van der Waals surface area contributed by atoms with E-state index in [1.807, 2.05) is 18.2 Å². The molecule has 2 aromatic carbocycles. The Hall–Kier alpha value is -1.19. The number of aryl methyl sites for hydroxylation is 1. The number of hydrogen-bond donors (Lipinski definition) is 0. The standard InChI is InChI=1S/C16H16BrFO/c17-15-11-14(8-9-16(15)18)12-19-10-4-7-13-5-2-1-3-6-13/h1-3,5-6,8-9,11H,4,7,10,12H2. The van der Waals surface area contributed by atoms with E-state index in [4.69, 9.17) is 4.74 Å². The molecule has 2 aromatic rings. The zero-order chi connectivity index (χ0) is 13.5. The Morgan fingerprint density at radius 2 is 1.79 bits per heavy atom. The van der Waals surface area contributed by atoms with E-state index in [9.17, 15) is 4.39 Å². The van der Waals surface area contributed by atoms with Gasteiger partial charge in [-0.25, -0.2) is 4.39 Å². The first-order chi connectivity index (χ1) is 9.25. The van der Waals surface area contributed by atoms with Gasteiger partial charge in [0.1, 0.15) is 5.82 Å². The summed E-state index contributed by atoms with van der Waals surface area (Å²) in [5.41, 5.74) is 2.31. The zero-order valence-electron chi connectivity index (χ0n) is 10.6. The summed E-state index contributed by atoms with van der Waals surface area (Å²) in [7, 11) is 0. The van der Waals surface area contributed by atoms with Gasteiger partial charge >= 0.3 is 0 Å². The Morgan fingerprint density at radius 3 is 2.53 bits per heavy atom. The van der Waals surface area contributed by atoms with Gasteiger partial charge in [0.05, 0.1) is 11.1 Å². The van der Waals surface area contributed by atoms with Gasteiger partial charge in [-0.3, -0.25) is 0 Å². The maximum absolute atomic E-state index is 13.0. The third-order valence-corrected chi connectivity index (χ3v) is 3.46. The molecule has 3 heteroatoms. The van der Waals surface area contributed by atoms with Crippen LogP contribution in [-0.2, 0) is 17.8 Å². The fourth-order valence-electron chi connectivity index (χ4n) is 1.84. The van der Waals surface area contributed by atoms with Gasteiger partial charge in [0.15, 0.2) is 0 Å². The van der Waals surface area contributed by atoms with E-state index in [0.717, 1.165) is 18.4 Å². The highest BCUT2D eigenvalue weighted by atomic mass is 79.9. The van der Waals surface area contributed by atoms with Crippen LogP contribution in [0, 0.1) is 5.82 Å². The smallest absolute Gasteiger partial charge is 0.137 e. The van der Waals surface area contributed by atoms with Gasteiger partial charge in [-0.2, -0.15) is 0 Å². The minimum atomic E-state index is -0.243. The second-order valence-corrected chi connectivity index (χ2v) is 5.24. The van der Waals surface area contributed by atoms with Crippen LogP contribution in [0.5, 0.6) is 0 Å². The van der Waals surface area contributed by atoms with Crippen LogP contribution in [0.2, 0.25) is 0 Å². The maximum atomic E-state index is 13.0. The van der Waals surface area contributed by atoms with Crippen LogP contribution in [0.15, 0.2) is 53.0 Å². The number of hydrogen-bond acceptors (Lipinski definition) is 1. The minimum Gasteiger partial charge on any atom is -0.377 e. The second-order valence-electron chi connectivity index (χ2n) is 4.39. The second kappa shape index (κ2) is 7.41. The molecule has 0 heterocycles. The lowest BCUT2D eigenvalue weighted by atomic mass is 10.1. The van der Waals surface area contributed by atoms with Crippen LogP contribution < -0.4 is 0 Å². The van der Waals surface area contributed by atoms with Crippen molar-refractivity contribution in [3.8, 4) is 0 Å². The van der Waals surface area contributed by atoms with Gasteiger partial charge in [-0.1, -0.05) is 36.4 Å². The highest BCUT2D eigenvalue weighted by molar-refractivity contribution is 9.10. The molecule has 19 heavy (non-hydrogen) atoms. The third-order valence-electron chi connectivity index (χ3n) is 2.85. The van der Waals surface area contributed by atoms with Crippen molar-refractivity contribution in [2.75, 3.05) is 6.61 Å². The van der Waals surface area contributed by atoms with Gasteiger partial charge in [0.2, 0.25) is 0 Å². The Kier molecular flexibility index (Phi) is 5.55. The van der Waals surface area contributed by atoms with E-state index in [2.05, 4.69) is 28.1 Å². The first kappa shape index (κ1) is 14.2. The number of benzene rings is 2. The predicted molar refractivity (Wildman–Crippen MR) is 78.5 cm³/mol. The topological polar surface area (TPSA) is 9.23 Å². The quantitative estimate of drug-likeness (QED) is 0.698. The van der Waals surface area contributed by atoms with Crippen LogP contribution in [0.3, 0.4) is 0 Å². The van der Waals surface area contributed by atoms with Crippen molar-refractivity contribution in [2.45, 2.75) is 19.4 Å². The predicted octanol–water partition coefficient (Wildman–Crippen LogP) is 4.74. The average molecular weight is 323 g/mol. The van der Waals surface area contributed by atoms with Gasteiger partial charge in [-0.15, -0.1) is 0 Å². The minimum absolute atomic E-state index is 0.243. The van der Waals surface area contributed by atoms with Crippen molar-refractivity contribution in [2.24, 2.45) is 0 Å². The molecule has 0 aliphatic carbocycles. The SMILES string of the molecule is Fc1ccc(COCCCc2ccccc2)cc1Br. The van der Waals surface area contributed by atoms with Gasteiger partial charge < -0.3 is 4.74 Å². The van der Waals surface area contributed by atoms with Crippen molar-refractivity contribution < 1.29 is 9.13 Å². The molecule has 0 saturated heterocycles. The molecule has 0 fully saturated rings. The third kappa shape index (κ3) is 4.77. The molecular weight excluding hydrogens is 307 g/mol. The molecule has 2 rings (SSSR count). The van der Waals surface area contributed by atoms with E-state index < -0.39 is 0 Å². The Balaban J connectivity index is 1.68. The summed E-state index contributed by atoms with van der Waals surface area (Å²) < 4.78 is 19.1. The monoisotopic (exact) mass is 322 g/mol. The average Bonchev–Trinajstić information content (AvgIpc) is 2.43. The summed E-state index contributed by atoms with van der Waals surface area (Å²) in [6.45, 7) is 1.23. The first-order valence-electron chi connectivity index (χ1n) is 6.31. The molecule has 0 N–H and O–H groups in total. The summed E-state index contributed by atoms with van der Waals surface area (Å²) >= 11 is 3.17. The Labute approximate surface area is 121 Å². The molecule has 100 valence electrons. The molecule has 0 radical (unpaired) electrons. The largest absolute Gasteiger partial charge is 0.377 e. The van der Waals surface area contributed by atoms with Crippen LogP contribution in [0.25, 0.3) is 0 Å². The maximum Gasteiger partial charge on any atom is 0.137 e. The molecular formula is C16H16BrFO. The van der Waals surface area contributed by atoms with Crippen molar-refractivity contribution >= 4 is 15.9 Å². The van der Waals surface area contributed by atoms with Crippen LogP contribution in [-0.4, -0.2) is 6.61 Å². The Morgan fingerprint density at radius 1 is 1.00 bits per heavy atom. The normalized spacial score (nSPS) is 10.6. The van der Waals surface area contributed by atoms with Crippen LogP contribution >= 0.6 is 15.9 Å². The number of halogens is 2. The first-order valence-corrected chi connectivity index (χ1v) is 7.10. The van der Waals surface area contributed by atoms with Crippen LogP contribution in [0.4, 0.5) is 4.39 Å². The lowest BCUT2D eigenvalue weighted by Gasteiger charge is -2.05. The molecule has 0 spiro atoms. The van der Waals surface area contributed by atoms with E-state index in [0.29, 0.717) is 17.7 Å². The molecule has 0 amide bonds. The summed E-state index contributed by atoms with van der Waals surface area (Å²) in [6, 6.07) is 15.3. The van der Waals surface area contributed by atoms with E-state index in [1.54, 1.807) is 12.1 Å². The summed E-state index contributed by atoms with van der Waals surface area (Å²) in [6.07, 6.45) is 2.01. The van der Waals surface area contributed by atoms with E-state index in [-0.39, 0.29) is 5.82 Å². The highest BCUT2D eigenvalue weighted by Crippen LogP contribution is 2.17. The fourth-order valence-corrected chi connectivity index (χ4v) is 2.27. The highest BCUT2D eigenvalue weighted by Gasteiger charge is 2.00. The number of rotatable bonds is 6. The van der Waals surface area contributed by atoms with Crippen molar-refractivity contribution in [3.05, 3.63) is 69.9 Å². The fraction of sp³-hybridized carbons (Fsp3) is 0.250. The van der Waals surface area contributed by atoms with Gasteiger partial charge in [0, 0.05) is 6.61 Å². The van der Waals surface area contributed by atoms with E-state index >= 15 is 0 Å². The molecule has 1 nitrogen and oxygen atoms in total. The van der Waals surface area contributed by atoms with Gasteiger partial charge in [-0.05, 0) is 52.0 Å². The summed E-state index contributed by atoms with van der Waals surface area (Å²) in [5, 5.41) is 0.